The second-order valence-corrected chi connectivity index (χ2v) is 6.91. The Balaban J connectivity index is 1.62. The quantitative estimate of drug-likeness (QED) is 0.690. The Hall–Kier alpha value is -3.56. The number of piperazine rings is 1. The molecule has 0 spiro atoms. The van der Waals surface area contributed by atoms with Gasteiger partial charge in [-0.25, -0.2) is 14.8 Å². The Labute approximate surface area is 166 Å². The first-order chi connectivity index (χ1) is 14.0. The molecule has 0 bridgehead atoms. The summed E-state index contributed by atoms with van der Waals surface area (Å²) in [6.07, 6.45) is 2.26. The number of carboxylic acid groups (broad SMARTS) is 1. The minimum atomic E-state index is -1.00. The molecule has 1 aliphatic rings. The highest BCUT2D eigenvalue weighted by Crippen LogP contribution is 2.26. The Morgan fingerprint density at radius 3 is 2.86 bits per heavy atom. The van der Waals surface area contributed by atoms with Gasteiger partial charge in [0.1, 0.15) is 30.0 Å². The summed E-state index contributed by atoms with van der Waals surface area (Å²) >= 11 is 0. The molecule has 1 fully saturated rings. The Morgan fingerprint density at radius 2 is 2.17 bits per heavy atom. The van der Waals surface area contributed by atoms with Crippen LogP contribution in [0.15, 0.2) is 30.6 Å². The third-order valence-electron chi connectivity index (χ3n) is 5.25. The third kappa shape index (κ3) is 3.48. The number of amides is 2. The number of benzene rings is 1. The van der Waals surface area contributed by atoms with Crippen molar-refractivity contribution in [1.82, 2.24) is 29.3 Å². The number of ether oxygens (including phenoxy) is 1. The number of carbonyl (C=O) groups excluding carboxylic acids is 1. The summed E-state index contributed by atoms with van der Waals surface area (Å²) < 4.78 is 7.15. The number of carbonyl (C=O) groups is 2. The first-order valence-corrected chi connectivity index (χ1v) is 9.25. The van der Waals surface area contributed by atoms with Crippen LogP contribution in [0, 0.1) is 6.92 Å². The number of fused-ring (bicyclic) bond motifs is 1. The molecule has 2 aromatic heterocycles. The molecule has 3 heterocycles. The number of methoxy groups -OCH3 is 1. The van der Waals surface area contributed by atoms with E-state index < -0.39 is 12.1 Å². The van der Waals surface area contributed by atoms with Crippen LogP contribution in [-0.2, 0) is 11.3 Å². The maximum absolute atomic E-state index is 13.2. The molecule has 1 aromatic carbocycles. The molecule has 10 heteroatoms. The minimum Gasteiger partial charge on any atom is -0.497 e. The molecule has 10 nitrogen and oxygen atoms in total. The van der Waals surface area contributed by atoms with E-state index in [0.717, 1.165) is 16.9 Å². The van der Waals surface area contributed by atoms with Gasteiger partial charge in [-0.1, -0.05) is 0 Å². The Bertz CT molecular complexity index is 1040. The zero-order valence-electron chi connectivity index (χ0n) is 16.2. The van der Waals surface area contributed by atoms with Gasteiger partial charge in [0.25, 0.3) is 0 Å². The molecular weight excluding hydrogens is 376 g/mol. The number of imidazole rings is 2. The Kier molecular flexibility index (Phi) is 4.83. The fraction of sp³-hybridized carbons (Fsp3) is 0.368. The molecule has 1 atom stereocenters. The SMILES string of the molecule is COc1ccc2nc(C)n(CC(=O)N3CCN(C(=O)O)C[C@H]3c3ncc[nH]3)c2c1. The lowest BCUT2D eigenvalue weighted by molar-refractivity contribution is -0.137. The summed E-state index contributed by atoms with van der Waals surface area (Å²) in [5.74, 6) is 1.86. The molecule has 0 aliphatic carbocycles. The van der Waals surface area contributed by atoms with Gasteiger partial charge in [0.15, 0.2) is 0 Å². The molecule has 152 valence electrons. The second-order valence-electron chi connectivity index (χ2n) is 6.91. The van der Waals surface area contributed by atoms with E-state index in [1.165, 1.54) is 4.90 Å². The van der Waals surface area contributed by atoms with Gasteiger partial charge in [0.2, 0.25) is 5.91 Å². The van der Waals surface area contributed by atoms with Gasteiger partial charge in [-0.15, -0.1) is 0 Å². The highest BCUT2D eigenvalue weighted by Gasteiger charge is 2.35. The molecule has 0 unspecified atom stereocenters. The van der Waals surface area contributed by atoms with E-state index in [-0.39, 0.29) is 25.5 Å². The minimum absolute atomic E-state index is 0.0970. The number of nitrogens with zero attached hydrogens (tertiary/aromatic N) is 5. The van der Waals surface area contributed by atoms with E-state index in [1.54, 1.807) is 24.4 Å². The normalized spacial score (nSPS) is 17.0. The number of hydrogen-bond acceptors (Lipinski definition) is 5. The van der Waals surface area contributed by atoms with Gasteiger partial charge < -0.3 is 29.2 Å². The number of aromatic nitrogens is 4. The standard InChI is InChI=1S/C19H22N6O4/c1-12-22-14-4-3-13(29-2)9-15(14)25(12)11-17(26)24-8-7-23(19(27)28)10-16(24)18-20-5-6-21-18/h3-6,9,16H,7-8,10-11H2,1-2H3,(H,20,21)(H,27,28)/t16-/m0/s1. The van der Waals surface area contributed by atoms with Crippen molar-refractivity contribution in [2.45, 2.75) is 19.5 Å². The average Bonchev–Trinajstić information content (AvgIpc) is 3.35. The Morgan fingerprint density at radius 1 is 1.34 bits per heavy atom. The van der Waals surface area contributed by atoms with E-state index in [1.807, 2.05) is 29.7 Å². The van der Waals surface area contributed by atoms with Crippen molar-refractivity contribution in [2.24, 2.45) is 0 Å². The van der Waals surface area contributed by atoms with Crippen molar-refractivity contribution in [1.29, 1.82) is 0 Å². The van der Waals surface area contributed by atoms with E-state index in [0.29, 0.717) is 18.1 Å². The van der Waals surface area contributed by atoms with E-state index in [9.17, 15) is 14.7 Å². The predicted octanol–water partition coefficient (Wildman–Crippen LogP) is 1.64. The lowest BCUT2D eigenvalue weighted by atomic mass is 10.1. The lowest BCUT2D eigenvalue weighted by Gasteiger charge is -2.39. The molecule has 1 aliphatic heterocycles. The van der Waals surface area contributed by atoms with Crippen LogP contribution in [0.25, 0.3) is 11.0 Å². The van der Waals surface area contributed by atoms with Crippen molar-refractivity contribution in [3.63, 3.8) is 0 Å². The van der Waals surface area contributed by atoms with Gasteiger partial charge in [-0.2, -0.15) is 0 Å². The molecule has 0 saturated carbocycles. The van der Waals surface area contributed by atoms with Crippen LogP contribution < -0.4 is 4.74 Å². The summed E-state index contributed by atoms with van der Waals surface area (Å²) in [6.45, 7) is 2.68. The molecule has 2 N–H and O–H groups in total. The average molecular weight is 398 g/mol. The molecule has 29 heavy (non-hydrogen) atoms. The van der Waals surface area contributed by atoms with Crippen molar-refractivity contribution in [2.75, 3.05) is 26.7 Å². The largest absolute Gasteiger partial charge is 0.497 e. The zero-order valence-corrected chi connectivity index (χ0v) is 16.2. The van der Waals surface area contributed by atoms with E-state index >= 15 is 0 Å². The number of nitrogens with one attached hydrogen (secondary N) is 1. The van der Waals surface area contributed by atoms with E-state index in [4.69, 9.17) is 4.74 Å². The zero-order chi connectivity index (χ0) is 20.5. The van der Waals surface area contributed by atoms with Crippen molar-refractivity contribution < 1.29 is 19.4 Å². The number of aryl methyl sites for hydroxylation is 1. The van der Waals surface area contributed by atoms with Crippen molar-refractivity contribution in [3.8, 4) is 5.75 Å². The van der Waals surface area contributed by atoms with Crippen LogP contribution in [0.1, 0.15) is 17.7 Å². The smallest absolute Gasteiger partial charge is 0.407 e. The van der Waals surface area contributed by atoms with Crippen molar-refractivity contribution >= 4 is 23.0 Å². The molecule has 2 amide bonds. The number of rotatable bonds is 4. The molecule has 1 saturated heterocycles. The summed E-state index contributed by atoms with van der Waals surface area (Å²) in [5, 5.41) is 9.36. The molecule has 3 aromatic rings. The third-order valence-corrected chi connectivity index (χ3v) is 5.25. The molecular formula is C19H22N6O4. The fourth-order valence-corrected chi connectivity index (χ4v) is 3.72. The van der Waals surface area contributed by atoms with Crippen LogP contribution in [0.3, 0.4) is 0 Å². The summed E-state index contributed by atoms with van der Waals surface area (Å²) in [6, 6.07) is 5.08. The van der Waals surface area contributed by atoms with Crippen LogP contribution in [0.4, 0.5) is 4.79 Å². The lowest BCUT2D eigenvalue weighted by Crippen LogP contribution is -2.53. The van der Waals surface area contributed by atoms with Crippen LogP contribution in [0.2, 0.25) is 0 Å². The number of H-pyrrole nitrogens is 1. The highest BCUT2D eigenvalue weighted by molar-refractivity contribution is 5.82. The van der Waals surface area contributed by atoms with Crippen LogP contribution in [0.5, 0.6) is 5.75 Å². The summed E-state index contributed by atoms with van der Waals surface area (Å²) in [7, 11) is 1.59. The fourth-order valence-electron chi connectivity index (χ4n) is 3.72. The summed E-state index contributed by atoms with van der Waals surface area (Å²) in [5.41, 5.74) is 1.60. The topological polar surface area (TPSA) is 117 Å². The van der Waals surface area contributed by atoms with E-state index in [2.05, 4.69) is 15.0 Å². The number of aromatic amines is 1. The summed E-state index contributed by atoms with van der Waals surface area (Å²) in [4.78, 5) is 39.4. The number of hydrogen-bond donors (Lipinski definition) is 2. The van der Waals surface area contributed by atoms with Gasteiger partial charge in [-0.05, 0) is 19.1 Å². The first-order valence-electron chi connectivity index (χ1n) is 9.25. The van der Waals surface area contributed by atoms with Crippen LogP contribution in [-0.4, -0.2) is 73.2 Å². The van der Waals surface area contributed by atoms with Gasteiger partial charge in [0, 0.05) is 31.5 Å². The maximum Gasteiger partial charge on any atom is 0.407 e. The van der Waals surface area contributed by atoms with Crippen LogP contribution >= 0.6 is 0 Å². The van der Waals surface area contributed by atoms with Crippen molar-refractivity contribution in [3.05, 3.63) is 42.2 Å². The maximum atomic E-state index is 13.2. The molecule has 4 rings (SSSR count). The highest BCUT2D eigenvalue weighted by atomic mass is 16.5. The van der Waals surface area contributed by atoms with Gasteiger partial charge in [0.05, 0.1) is 24.7 Å². The predicted molar refractivity (Wildman–Crippen MR) is 104 cm³/mol. The van der Waals surface area contributed by atoms with Gasteiger partial charge in [-0.3, -0.25) is 4.79 Å². The second kappa shape index (κ2) is 7.46. The molecule has 0 radical (unpaired) electrons. The monoisotopic (exact) mass is 398 g/mol. The van der Waals surface area contributed by atoms with Gasteiger partial charge >= 0.3 is 6.09 Å². The first kappa shape index (κ1) is 18.8.